The van der Waals surface area contributed by atoms with Gasteiger partial charge >= 0.3 is 6.03 Å². The Balaban J connectivity index is 1.87. The van der Waals surface area contributed by atoms with Crippen LogP contribution in [0.25, 0.3) is 0 Å². The fourth-order valence-corrected chi connectivity index (χ4v) is 3.52. The monoisotopic (exact) mass is 419 g/mol. The number of hydrogen-bond donors (Lipinski definition) is 3. The quantitative estimate of drug-likeness (QED) is 0.529. The van der Waals surface area contributed by atoms with Gasteiger partial charge in [0.15, 0.2) is 0 Å². The molecular weight excluding hydrogens is 393 g/mol. The predicted molar refractivity (Wildman–Crippen MR) is 119 cm³/mol. The number of hydrogen-bond acceptors (Lipinski definition) is 2. The van der Waals surface area contributed by atoms with Gasteiger partial charge in [0.25, 0.3) is 0 Å². The number of amides is 3. The van der Waals surface area contributed by atoms with Gasteiger partial charge in [-0.05, 0) is 42.2 Å². The molecule has 5 nitrogen and oxygen atoms in total. The highest BCUT2D eigenvalue weighted by atomic mass is 19.1. The third-order valence-electron chi connectivity index (χ3n) is 5.29. The van der Waals surface area contributed by atoms with Crippen molar-refractivity contribution in [1.29, 1.82) is 0 Å². The van der Waals surface area contributed by atoms with Crippen molar-refractivity contribution in [3.63, 3.8) is 0 Å². The number of carbonyl (C=O) groups excluding carboxylic acids is 2. The topological polar surface area (TPSA) is 84.2 Å². The largest absolute Gasteiger partial charge is 0.352 e. The Morgan fingerprint density at radius 2 is 1.55 bits per heavy atom. The zero-order valence-corrected chi connectivity index (χ0v) is 17.6. The van der Waals surface area contributed by atoms with Crippen LogP contribution in [0.2, 0.25) is 0 Å². The number of halogens is 1. The maximum absolute atomic E-state index is 14.3. The van der Waals surface area contributed by atoms with Gasteiger partial charge in [0.05, 0.1) is 18.5 Å². The molecule has 0 aliphatic carbocycles. The fourth-order valence-electron chi connectivity index (χ4n) is 3.52. The summed E-state index contributed by atoms with van der Waals surface area (Å²) in [5, 5.41) is 5.51. The Kier molecular flexibility index (Phi) is 7.03. The third kappa shape index (κ3) is 5.69. The number of carbonyl (C=O) groups is 2. The van der Waals surface area contributed by atoms with Gasteiger partial charge in [-0.1, -0.05) is 66.7 Å². The lowest BCUT2D eigenvalue weighted by Gasteiger charge is -2.23. The van der Waals surface area contributed by atoms with E-state index in [0.717, 1.165) is 22.3 Å². The van der Waals surface area contributed by atoms with Gasteiger partial charge in [-0.3, -0.25) is 4.79 Å². The van der Waals surface area contributed by atoms with Crippen LogP contribution >= 0.6 is 0 Å². The molecule has 3 aromatic carbocycles. The van der Waals surface area contributed by atoms with Crippen LogP contribution in [0.5, 0.6) is 0 Å². The molecule has 0 saturated heterocycles. The van der Waals surface area contributed by atoms with Crippen molar-refractivity contribution < 1.29 is 14.0 Å². The van der Waals surface area contributed by atoms with Gasteiger partial charge in [0.1, 0.15) is 5.82 Å². The van der Waals surface area contributed by atoms with E-state index >= 15 is 0 Å². The number of nitrogens with one attached hydrogen (secondary N) is 2. The van der Waals surface area contributed by atoms with Crippen LogP contribution in [0, 0.1) is 19.7 Å². The van der Waals surface area contributed by atoms with Gasteiger partial charge in [-0.15, -0.1) is 0 Å². The Morgan fingerprint density at radius 1 is 0.871 bits per heavy atom. The molecule has 3 amide bonds. The molecule has 0 aliphatic rings. The second kappa shape index (κ2) is 9.89. The molecule has 3 rings (SSSR count). The summed E-state index contributed by atoms with van der Waals surface area (Å²) >= 11 is 0. The van der Waals surface area contributed by atoms with Crippen molar-refractivity contribution in [1.82, 2.24) is 10.6 Å². The minimum Gasteiger partial charge on any atom is -0.352 e. The van der Waals surface area contributed by atoms with Crippen LogP contribution in [-0.2, 0) is 4.79 Å². The molecule has 3 aromatic rings. The molecule has 0 saturated carbocycles. The highest BCUT2D eigenvalue weighted by Crippen LogP contribution is 2.26. The smallest absolute Gasteiger partial charge is 0.312 e. The highest BCUT2D eigenvalue weighted by Gasteiger charge is 2.23. The van der Waals surface area contributed by atoms with E-state index in [9.17, 15) is 14.0 Å². The molecule has 0 bridgehead atoms. The molecule has 0 aliphatic heterocycles. The third-order valence-corrected chi connectivity index (χ3v) is 5.29. The average Bonchev–Trinajstić information content (AvgIpc) is 2.74. The van der Waals surface area contributed by atoms with Crippen molar-refractivity contribution in [2.45, 2.75) is 32.4 Å². The summed E-state index contributed by atoms with van der Waals surface area (Å²) in [6.45, 7) is 4.05. The lowest BCUT2D eigenvalue weighted by molar-refractivity contribution is -0.122. The maximum atomic E-state index is 14.3. The van der Waals surface area contributed by atoms with Crippen molar-refractivity contribution in [2.75, 3.05) is 0 Å². The first-order chi connectivity index (χ1) is 14.8. The Morgan fingerprint density at radius 3 is 2.19 bits per heavy atom. The molecule has 2 atom stereocenters. The summed E-state index contributed by atoms with van der Waals surface area (Å²) in [7, 11) is 0. The Labute approximate surface area is 181 Å². The minimum atomic E-state index is -0.880. The molecule has 0 unspecified atom stereocenters. The zero-order chi connectivity index (χ0) is 22.4. The first-order valence-corrected chi connectivity index (χ1v) is 10.1. The summed E-state index contributed by atoms with van der Waals surface area (Å²) in [4.78, 5) is 24.5. The molecule has 6 heteroatoms. The minimum absolute atomic E-state index is 0.155. The van der Waals surface area contributed by atoms with Crippen LogP contribution in [0.4, 0.5) is 9.18 Å². The van der Waals surface area contributed by atoms with Gasteiger partial charge in [0.2, 0.25) is 5.91 Å². The van der Waals surface area contributed by atoms with Crippen molar-refractivity contribution in [3.8, 4) is 0 Å². The summed E-state index contributed by atoms with van der Waals surface area (Å²) in [6.07, 6.45) is -0.155. The van der Waals surface area contributed by atoms with Crippen molar-refractivity contribution in [3.05, 3.63) is 106 Å². The van der Waals surface area contributed by atoms with E-state index in [2.05, 4.69) is 10.6 Å². The van der Waals surface area contributed by atoms with E-state index in [-0.39, 0.29) is 23.9 Å². The van der Waals surface area contributed by atoms with E-state index in [0.29, 0.717) is 0 Å². The Hall–Kier alpha value is -3.67. The summed E-state index contributed by atoms with van der Waals surface area (Å²) < 4.78 is 14.3. The second-order valence-corrected chi connectivity index (χ2v) is 7.54. The van der Waals surface area contributed by atoms with E-state index in [1.807, 2.05) is 62.4 Å². The summed E-state index contributed by atoms with van der Waals surface area (Å²) in [5.41, 5.74) is 9.61. The Bertz CT molecular complexity index is 1070. The van der Waals surface area contributed by atoms with E-state index in [1.54, 1.807) is 12.1 Å². The van der Waals surface area contributed by atoms with Crippen molar-refractivity contribution >= 4 is 11.9 Å². The molecule has 0 aromatic heterocycles. The first kappa shape index (κ1) is 22.0. The van der Waals surface area contributed by atoms with Crippen LogP contribution in [-0.4, -0.2) is 11.9 Å². The molecule has 0 spiro atoms. The molecule has 0 radical (unpaired) electrons. The highest BCUT2D eigenvalue weighted by molar-refractivity contribution is 5.79. The first-order valence-electron chi connectivity index (χ1n) is 10.1. The van der Waals surface area contributed by atoms with Crippen LogP contribution in [0.1, 0.15) is 46.3 Å². The normalized spacial score (nSPS) is 12.6. The lowest BCUT2D eigenvalue weighted by Crippen LogP contribution is -2.38. The molecule has 4 N–H and O–H groups in total. The summed E-state index contributed by atoms with van der Waals surface area (Å²) in [6, 6.07) is 19.6. The van der Waals surface area contributed by atoms with Gasteiger partial charge in [-0.2, -0.15) is 0 Å². The average molecular weight is 420 g/mol. The molecule has 0 fully saturated rings. The summed E-state index contributed by atoms with van der Waals surface area (Å²) in [5.74, 6) is -0.850. The number of benzene rings is 3. The van der Waals surface area contributed by atoms with Gasteiger partial charge < -0.3 is 16.4 Å². The number of rotatable bonds is 7. The maximum Gasteiger partial charge on any atom is 0.312 e. The molecule has 31 heavy (non-hydrogen) atoms. The van der Waals surface area contributed by atoms with E-state index < -0.39 is 17.9 Å². The lowest BCUT2D eigenvalue weighted by atomic mass is 9.95. The van der Waals surface area contributed by atoms with Gasteiger partial charge in [-0.25, -0.2) is 9.18 Å². The number of aryl methyl sites for hydroxylation is 2. The number of nitrogens with two attached hydrogens (primary N) is 1. The zero-order valence-electron chi connectivity index (χ0n) is 17.6. The molecular formula is C25H26FN3O2. The number of primary amides is 1. The van der Waals surface area contributed by atoms with Gasteiger partial charge in [0, 0.05) is 5.56 Å². The van der Waals surface area contributed by atoms with Crippen LogP contribution in [0.3, 0.4) is 0 Å². The van der Waals surface area contributed by atoms with Crippen molar-refractivity contribution in [2.24, 2.45) is 5.73 Å². The van der Waals surface area contributed by atoms with E-state index in [4.69, 9.17) is 5.73 Å². The second-order valence-electron chi connectivity index (χ2n) is 7.54. The molecule has 0 heterocycles. The fraction of sp³-hybridized carbons (Fsp3) is 0.200. The standard InChI is InChI=1S/C25H26FN3O2/c1-16-12-13-19(14-17(16)2)24(18-8-4-3-5-9-18)29-23(30)15-22(28-25(27)31)20-10-6-7-11-21(20)26/h3-14,22,24H,15H2,1-2H3,(H,29,30)(H3,27,28,31)/t22-,24+/m1/s1. The number of urea groups is 1. The molecule has 160 valence electrons. The predicted octanol–water partition coefficient (Wildman–Crippen LogP) is 4.45. The van der Waals surface area contributed by atoms with Crippen LogP contribution < -0.4 is 16.4 Å². The van der Waals surface area contributed by atoms with Crippen LogP contribution in [0.15, 0.2) is 72.8 Å². The SMILES string of the molecule is Cc1ccc([C@@H](NC(=O)C[C@@H](NC(N)=O)c2ccccc2F)c2ccccc2)cc1C. The van der Waals surface area contributed by atoms with E-state index in [1.165, 1.54) is 12.1 Å².